The molecule has 0 saturated heterocycles. The number of hydrogen-bond acceptors (Lipinski definition) is 2. The molecule has 0 aromatic heterocycles. The smallest absolute Gasteiger partial charge is 0.0991 e. The minimum atomic E-state index is 0.557. The highest BCUT2D eigenvalue weighted by atomic mass is 35.5. The van der Waals surface area contributed by atoms with Gasteiger partial charge in [-0.05, 0) is 36.4 Å². The number of nitrogens with zero attached hydrogens (tertiary/aromatic N) is 1. The van der Waals surface area contributed by atoms with Gasteiger partial charge in [0.25, 0.3) is 0 Å². The molecule has 0 radical (unpaired) electrons. The predicted molar refractivity (Wildman–Crippen MR) is 70.9 cm³/mol. The molecule has 2 aromatic rings. The molecule has 1 N–H and O–H groups in total. The lowest BCUT2D eigenvalue weighted by molar-refractivity contribution is 1.47. The van der Waals surface area contributed by atoms with Crippen LogP contribution in [0.4, 0.5) is 11.4 Å². The van der Waals surface area contributed by atoms with Crippen molar-refractivity contribution in [3.05, 3.63) is 58.1 Å². The van der Waals surface area contributed by atoms with E-state index in [0.29, 0.717) is 21.3 Å². The van der Waals surface area contributed by atoms with E-state index >= 15 is 0 Å². The summed E-state index contributed by atoms with van der Waals surface area (Å²) in [5.41, 5.74) is 2.11. The van der Waals surface area contributed by atoms with Gasteiger partial charge < -0.3 is 5.32 Å². The van der Waals surface area contributed by atoms with Crippen molar-refractivity contribution in [3.63, 3.8) is 0 Å². The van der Waals surface area contributed by atoms with Crippen molar-refractivity contribution in [2.45, 2.75) is 0 Å². The normalized spacial score (nSPS) is 9.71. The lowest BCUT2D eigenvalue weighted by atomic mass is 10.2. The average Bonchev–Trinajstić information content (AvgIpc) is 2.35. The molecule has 0 spiro atoms. The van der Waals surface area contributed by atoms with Gasteiger partial charge in [0.05, 0.1) is 27.4 Å². The van der Waals surface area contributed by atoms with Crippen molar-refractivity contribution in [2.24, 2.45) is 0 Å². The fraction of sp³-hybridized carbons (Fsp3) is 0. The van der Waals surface area contributed by atoms with Crippen molar-refractivity contribution >= 4 is 34.6 Å². The molecule has 0 aliphatic rings. The SMILES string of the molecule is N#Cc1ccc(Nc2c(Cl)cccc2Cl)cc1. The minimum absolute atomic E-state index is 0.557. The number of benzene rings is 2. The molecule has 0 saturated carbocycles. The van der Waals surface area contributed by atoms with Gasteiger partial charge in [0, 0.05) is 5.69 Å². The van der Waals surface area contributed by atoms with E-state index in [9.17, 15) is 0 Å². The molecule has 0 heterocycles. The van der Waals surface area contributed by atoms with E-state index in [1.165, 1.54) is 0 Å². The lowest BCUT2D eigenvalue weighted by Crippen LogP contribution is -1.92. The van der Waals surface area contributed by atoms with Gasteiger partial charge in [0.2, 0.25) is 0 Å². The molecule has 0 aliphatic heterocycles. The summed E-state index contributed by atoms with van der Waals surface area (Å²) in [7, 11) is 0. The number of para-hydroxylation sites is 1. The highest BCUT2D eigenvalue weighted by Crippen LogP contribution is 2.32. The molecule has 0 atom stereocenters. The lowest BCUT2D eigenvalue weighted by Gasteiger charge is -2.10. The summed E-state index contributed by atoms with van der Waals surface area (Å²) in [6, 6.07) is 14.4. The first-order chi connectivity index (χ1) is 8.20. The maximum atomic E-state index is 8.69. The van der Waals surface area contributed by atoms with Crippen LogP contribution in [0.15, 0.2) is 42.5 Å². The van der Waals surface area contributed by atoms with Crippen LogP contribution in [0, 0.1) is 11.3 Å². The fourth-order valence-corrected chi connectivity index (χ4v) is 1.88. The van der Waals surface area contributed by atoms with Gasteiger partial charge in [-0.1, -0.05) is 29.3 Å². The van der Waals surface area contributed by atoms with Crippen LogP contribution < -0.4 is 5.32 Å². The third-order valence-electron chi connectivity index (χ3n) is 2.25. The predicted octanol–water partition coefficient (Wildman–Crippen LogP) is 4.61. The molecule has 4 heteroatoms. The van der Waals surface area contributed by atoms with E-state index in [1.54, 1.807) is 42.5 Å². The van der Waals surface area contributed by atoms with Gasteiger partial charge in [-0.3, -0.25) is 0 Å². The molecular weight excluding hydrogens is 255 g/mol. The second kappa shape index (κ2) is 5.09. The van der Waals surface area contributed by atoms with E-state index in [-0.39, 0.29) is 0 Å². The molecule has 0 aliphatic carbocycles. The maximum Gasteiger partial charge on any atom is 0.0991 e. The Labute approximate surface area is 109 Å². The first kappa shape index (κ1) is 11.8. The molecule has 0 unspecified atom stereocenters. The van der Waals surface area contributed by atoms with Gasteiger partial charge in [0.1, 0.15) is 0 Å². The Balaban J connectivity index is 2.29. The summed E-state index contributed by atoms with van der Waals surface area (Å²) >= 11 is 12.1. The Bertz CT molecular complexity index is 551. The van der Waals surface area contributed by atoms with Crippen LogP contribution in [0.3, 0.4) is 0 Å². The molecule has 2 rings (SSSR count). The van der Waals surface area contributed by atoms with Crippen molar-refractivity contribution in [2.75, 3.05) is 5.32 Å². The third kappa shape index (κ3) is 2.71. The van der Waals surface area contributed by atoms with E-state index in [2.05, 4.69) is 11.4 Å². The Morgan fingerprint density at radius 3 is 2.06 bits per heavy atom. The standard InChI is InChI=1S/C13H8Cl2N2/c14-11-2-1-3-12(15)13(11)17-10-6-4-9(8-16)5-7-10/h1-7,17H. The Morgan fingerprint density at radius 1 is 0.941 bits per heavy atom. The first-order valence-corrected chi connectivity index (χ1v) is 5.67. The number of anilines is 2. The molecule has 0 fully saturated rings. The third-order valence-corrected chi connectivity index (χ3v) is 2.88. The van der Waals surface area contributed by atoms with Crippen molar-refractivity contribution in [1.29, 1.82) is 5.26 Å². The molecule has 0 bridgehead atoms. The number of rotatable bonds is 2. The van der Waals surface area contributed by atoms with Crippen molar-refractivity contribution < 1.29 is 0 Å². The fourth-order valence-electron chi connectivity index (χ4n) is 1.39. The van der Waals surface area contributed by atoms with Gasteiger partial charge >= 0.3 is 0 Å². The van der Waals surface area contributed by atoms with E-state index < -0.39 is 0 Å². The van der Waals surface area contributed by atoms with Gasteiger partial charge in [-0.15, -0.1) is 0 Å². The number of nitriles is 1. The van der Waals surface area contributed by atoms with Crippen molar-refractivity contribution in [3.8, 4) is 6.07 Å². The van der Waals surface area contributed by atoms with E-state index in [1.807, 2.05) is 0 Å². The molecule has 17 heavy (non-hydrogen) atoms. The second-order valence-corrected chi connectivity index (χ2v) is 4.23. The van der Waals surface area contributed by atoms with Crippen LogP contribution in [0.2, 0.25) is 10.0 Å². The maximum absolute atomic E-state index is 8.69. The van der Waals surface area contributed by atoms with Crippen LogP contribution in [0.1, 0.15) is 5.56 Å². The zero-order valence-corrected chi connectivity index (χ0v) is 10.3. The molecule has 0 amide bonds. The largest absolute Gasteiger partial charge is 0.353 e. The quantitative estimate of drug-likeness (QED) is 0.858. The van der Waals surface area contributed by atoms with E-state index in [0.717, 1.165) is 5.69 Å². The molecule has 2 nitrogen and oxygen atoms in total. The number of halogens is 2. The molecule has 84 valence electrons. The topological polar surface area (TPSA) is 35.8 Å². The Kier molecular flexibility index (Phi) is 3.53. The van der Waals surface area contributed by atoms with Crippen LogP contribution >= 0.6 is 23.2 Å². The zero-order chi connectivity index (χ0) is 12.3. The second-order valence-electron chi connectivity index (χ2n) is 3.41. The summed E-state index contributed by atoms with van der Waals surface area (Å²) in [5.74, 6) is 0. The molecular formula is C13H8Cl2N2. The summed E-state index contributed by atoms with van der Waals surface area (Å²) < 4.78 is 0. The Morgan fingerprint density at radius 2 is 1.53 bits per heavy atom. The van der Waals surface area contributed by atoms with Crippen LogP contribution in [0.25, 0.3) is 0 Å². The van der Waals surface area contributed by atoms with E-state index in [4.69, 9.17) is 28.5 Å². The van der Waals surface area contributed by atoms with Crippen LogP contribution in [0.5, 0.6) is 0 Å². The zero-order valence-electron chi connectivity index (χ0n) is 8.74. The Hall–Kier alpha value is -1.69. The number of hydrogen-bond donors (Lipinski definition) is 1. The minimum Gasteiger partial charge on any atom is -0.353 e. The monoisotopic (exact) mass is 262 g/mol. The number of nitrogens with one attached hydrogen (secondary N) is 1. The van der Waals surface area contributed by atoms with Crippen LogP contribution in [-0.4, -0.2) is 0 Å². The van der Waals surface area contributed by atoms with Crippen LogP contribution in [-0.2, 0) is 0 Å². The average molecular weight is 263 g/mol. The summed E-state index contributed by atoms with van der Waals surface area (Å²) in [6.45, 7) is 0. The first-order valence-electron chi connectivity index (χ1n) is 4.92. The molecule has 2 aromatic carbocycles. The summed E-state index contributed by atoms with van der Waals surface area (Å²) in [4.78, 5) is 0. The summed E-state index contributed by atoms with van der Waals surface area (Å²) in [6.07, 6.45) is 0. The highest BCUT2D eigenvalue weighted by molar-refractivity contribution is 6.39. The van der Waals surface area contributed by atoms with Gasteiger partial charge in [-0.2, -0.15) is 5.26 Å². The van der Waals surface area contributed by atoms with Gasteiger partial charge in [-0.25, -0.2) is 0 Å². The van der Waals surface area contributed by atoms with Crippen molar-refractivity contribution in [1.82, 2.24) is 0 Å². The summed E-state index contributed by atoms with van der Waals surface area (Å²) in [5, 5.41) is 12.9. The highest BCUT2D eigenvalue weighted by Gasteiger charge is 2.05. The van der Waals surface area contributed by atoms with Gasteiger partial charge in [0.15, 0.2) is 0 Å².